The molecule has 4 heteroatoms. The fourth-order valence-corrected chi connectivity index (χ4v) is 0.503. The standard InChI is InChI=1S/C6H4FN3/c7-5-1-4(2-8)10-3-6(5)9/h1,3H,9H2. The van der Waals surface area contributed by atoms with E-state index in [9.17, 15) is 4.39 Å². The number of hydrogen-bond donors (Lipinski definition) is 1. The summed E-state index contributed by atoms with van der Waals surface area (Å²) in [7, 11) is 0. The third kappa shape index (κ3) is 1.03. The molecule has 0 fully saturated rings. The predicted octanol–water partition coefficient (Wildman–Crippen LogP) is 0.675. The molecule has 0 aliphatic carbocycles. The summed E-state index contributed by atoms with van der Waals surface area (Å²) in [6, 6.07) is 2.68. The van der Waals surface area contributed by atoms with Crippen LogP contribution in [-0.4, -0.2) is 4.98 Å². The molecular formula is C6H4FN3. The maximum Gasteiger partial charge on any atom is 0.150 e. The second kappa shape index (κ2) is 2.31. The van der Waals surface area contributed by atoms with E-state index in [1.54, 1.807) is 6.07 Å². The van der Waals surface area contributed by atoms with Crippen LogP contribution in [0, 0.1) is 17.1 Å². The number of anilines is 1. The van der Waals surface area contributed by atoms with Gasteiger partial charge in [0.1, 0.15) is 11.8 Å². The number of nitriles is 1. The molecule has 0 atom stereocenters. The van der Waals surface area contributed by atoms with Crippen LogP contribution >= 0.6 is 0 Å². The van der Waals surface area contributed by atoms with E-state index >= 15 is 0 Å². The second-order valence-electron chi connectivity index (χ2n) is 1.70. The molecule has 1 aromatic heterocycles. The third-order valence-electron chi connectivity index (χ3n) is 0.996. The number of hydrogen-bond acceptors (Lipinski definition) is 3. The van der Waals surface area contributed by atoms with Crippen molar-refractivity contribution in [1.29, 1.82) is 5.26 Å². The van der Waals surface area contributed by atoms with Crippen LogP contribution in [0.25, 0.3) is 0 Å². The number of halogens is 1. The zero-order chi connectivity index (χ0) is 7.56. The lowest BCUT2D eigenvalue weighted by molar-refractivity contribution is 0.630. The molecule has 0 aromatic carbocycles. The summed E-state index contributed by atoms with van der Waals surface area (Å²) < 4.78 is 12.5. The molecule has 0 amide bonds. The Labute approximate surface area is 56.9 Å². The van der Waals surface area contributed by atoms with E-state index < -0.39 is 5.82 Å². The van der Waals surface area contributed by atoms with Gasteiger partial charge in [-0.25, -0.2) is 9.37 Å². The number of pyridine rings is 1. The molecule has 1 aromatic rings. The Bertz CT molecular complexity index is 290. The lowest BCUT2D eigenvalue weighted by atomic mass is 10.3. The highest BCUT2D eigenvalue weighted by Crippen LogP contribution is 2.07. The first kappa shape index (κ1) is 6.49. The van der Waals surface area contributed by atoms with Gasteiger partial charge in [-0.05, 0) is 0 Å². The summed E-state index contributed by atoms with van der Waals surface area (Å²) in [5.74, 6) is -0.605. The van der Waals surface area contributed by atoms with Gasteiger partial charge in [0.15, 0.2) is 5.82 Å². The van der Waals surface area contributed by atoms with Crippen molar-refractivity contribution in [1.82, 2.24) is 4.98 Å². The number of nitrogen functional groups attached to an aromatic ring is 1. The molecular weight excluding hydrogens is 133 g/mol. The van der Waals surface area contributed by atoms with Crippen LogP contribution < -0.4 is 5.73 Å². The first-order valence-electron chi connectivity index (χ1n) is 2.55. The predicted molar refractivity (Wildman–Crippen MR) is 33.3 cm³/mol. The topological polar surface area (TPSA) is 62.7 Å². The highest BCUT2D eigenvalue weighted by molar-refractivity contribution is 5.39. The molecule has 0 aliphatic rings. The van der Waals surface area contributed by atoms with Crippen molar-refractivity contribution in [3.8, 4) is 6.07 Å². The first-order valence-corrected chi connectivity index (χ1v) is 2.55. The molecule has 0 radical (unpaired) electrons. The van der Waals surface area contributed by atoms with Crippen molar-refractivity contribution in [3.05, 3.63) is 23.8 Å². The number of nitrogens with zero attached hydrogens (tertiary/aromatic N) is 2. The lowest BCUT2D eigenvalue weighted by Gasteiger charge is -1.92. The van der Waals surface area contributed by atoms with E-state index in [1.165, 1.54) is 0 Å². The fraction of sp³-hybridized carbons (Fsp3) is 0. The van der Waals surface area contributed by atoms with Gasteiger partial charge in [0.05, 0.1) is 11.9 Å². The molecule has 10 heavy (non-hydrogen) atoms. The van der Waals surface area contributed by atoms with Crippen LogP contribution in [0.2, 0.25) is 0 Å². The lowest BCUT2D eigenvalue weighted by Crippen LogP contribution is -1.93. The van der Waals surface area contributed by atoms with Crippen molar-refractivity contribution < 1.29 is 4.39 Å². The molecule has 50 valence electrons. The van der Waals surface area contributed by atoms with Crippen molar-refractivity contribution in [3.63, 3.8) is 0 Å². The maximum absolute atomic E-state index is 12.5. The van der Waals surface area contributed by atoms with Gasteiger partial charge in [0.2, 0.25) is 0 Å². The third-order valence-corrected chi connectivity index (χ3v) is 0.996. The Balaban J connectivity index is 3.20. The van der Waals surface area contributed by atoms with Crippen LogP contribution in [0.3, 0.4) is 0 Å². The molecule has 0 saturated heterocycles. The molecule has 3 nitrogen and oxygen atoms in total. The minimum Gasteiger partial charge on any atom is -0.395 e. The van der Waals surface area contributed by atoms with E-state index in [0.29, 0.717) is 0 Å². The van der Waals surface area contributed by atoms with Crippen LogP contribution in [0.1, 0.15) is 5.69 Å². The van der Waals surface area contributed by atoms with Crippen molar-refractivity contribution in [2.45, 2.75) is 0 Å². The van der Waals surface area contributed by atoms with Gasteiger partial charge < -0.3 is 5.73 Å². The summed E-state index contributed by atoms with van der Waals surface area (Å²) in [5, 5.41) is 8.23. The van der Waals surface area contributed by atoms with E-state index in [0.717, 1.165) is 12.3 Å². The smallest absolute Gasteiger partial charge is 0.150 e. The largest absolute Gasteiger partial charge is 0.395 e. The van der Waals surface area contributed by atoms with E-state index in [1.807, 2.05) is 0 Å². The van der Waals surface area contributed by atoms with Crippen LogP contribution in [0.4, 0.5) is 10.1 Å². The monoisotopic (exact) mass is 137 g/mol. The summed E-state index contributed by atoms with van der Waals surface area (Å²) >= 11 is 0. The normalized spacial score (nSPS) is 8.80. The molecule has 1 rings (SSSR count). The highest BCUT2D eigenvalue weighted by Gasteiger charge is 1.98. The summed E-state index contributed by atoms with van der Waals surface area (Å²) in [5.41, 5.74) is 5.09. The Kier molecular flexibility index (Phi) is 1.50. The van der Waals surface area contributed by atoms with Gasteiger partial charge in [-0.1, -0.05) is 0 Å². The highest BCUT2D eigenvalue weighted by atomic mass is 19.1. The Hall–Kier alpha value is -1.63. The molecule has 2 N–H and O–H groups in total. The minimum absolute atomic E-state index is 0.0340. The summed E-state index contributed by atoms with van der Waals surface area (Å²) in [6.07, 6.45) is 1.12. The number of aromatic nitrogens is 1. The van der Waals surface area contributed by atoms with Crippen LogP contribution in [-0.2, 0) is 0 Å². The minimum atomic E-state index is -0.605. The van der Waals surface area contributed by atoms with Gasteiger partial charge in [0, 0.05) is 6.07 Å². The molecule has 1 heterocycles. The second-order valence-corrected chi connectivity index (χ2v) is 1.70. The zero-order valence-corrected chi connectivity index (χ0v) is 5.00. The van der Waals surface area contributed by atoms with Gasteiger partial charge in [-0.2, -0.15) is 5.26 Å². The van der Waals surface area contributed by atoms with E-state index in [4.69, 9.17) is 11.0 Å². The molecule has 0 unspecified atom stereocenters. The van der Waals surface area contributed by atoms with E-state index in [-0.39, 0.29) is 11.4 Å². The molecule has 0 aliphatic heterocycles. The van der Waals surface area contributed by atoms with Crippen molar-refractivity contribution in [2.24, 2.45) is 0 Å². The first-order chi connectivity index (χ1) is 4.74. The molecule has 0 saturated carbocycles. The summed E-state index contributed by atoms with van der Waals surface area (Å²) in [4.78, 5) is 3.53. The maximum atomic E-state index is 12.5. The van der Waals surface area contributed by atoms with Gasteiger partial charge >= 0.3 is 0 Å². The number of rotatable bonds is 0. The number of nitrogens with two attached hydrogens (primary N) is 1. The zero-order valence-electron chi connectivity index (χ0n) is 5.00. The average molecular weight is 137 g/mol. The van der Waals surface area contributed by atoms with Crippen molar-refractivity contribution in [2.75, 3.05) is 5.73 Å². The van der Waals surface area contributed by atoms with Crippen LogP contribution in [0.15, 0.2) is 12.3 Å². The van der Waals surface area contributed by atoms with Gasteiger partial charge in [-0.3, -0.25) is 0 Å². The fourth-order valence-electron chi connectivity index (χ4n) is 0.503. The van der Waals surface area contributed by atoms with Crippen LogP contribution in [0.5, 0.6) is 0 Å². The Morgan fingerprint density at radius 2 is 2.40 bits per heavy atom. The Morgan fingerprint density at radius 1 is 1.70 bits per heavy atom. The van der Waals surface area contributed by atoms with Gasteiger partial charge in [-0.15, -0.1) is 0 Å². The Morgan fingerprint density at radius 3 is 2.90 bits per heavy atom. The van der Waals surface area contributed by atoms with Gasteiger partial charge in [0.25, 0.3) is 0 Å². The summed E-state index contributed by atoms with van der Waals surface area (Å²) in [6.45, 7) is 0. The SMILES string of the molecule is N#Cc1cc(F)c(N)cn1. The molecule has 0 bridgehead atoms. The average Bonchev–Trinajstić information content (AvgIpc) is 1.95. The van der Waals surface area contributed by atoms with Crippen molar-refractivity contribution >= 4 is 5.69 Å². The molecule has 0 spiro atoms. The van der Waals surface area contributed by atoms with E-state index in [2.05, 4.69) is 4.98 Å². The quantitative estimate of drug-likeness (QED) is 0.571.